The summed E-state index contributed by atoms with van der Waals surface area (Å²) < 4.78 is 5.06. The van der Waals surface area contributed by atoms with E-state index >= 15 is 0 Å². The minimum Gasteiger partial charge on any atom is -0.497 e. The fraction of sp³-hybridized carbons (Fsp3) is 0.143. The second kappa shape index (κ2) is 6.88. The predicted molar refractivity (Wildman–Crippen MR) is 85.3 cm³/mol. The van der Waals surface area contributed by atoms with Crippen LogP contribution in [0.1, 0.15) is 20.0 Å². The van der Waals surface area contributed by atoms with Gasteiger partial charge in [0.2, 0.25) is 0 Å². The van der Waals surface area contributed by atoms with Crippen LogP contribution in [0.5, 0.6) is 5.75 Å². The number of hydrogen-bond acceptors (Lipinski definition) is 6. The number of nitro groups is 1. The average molecular weight is 335 g/mol. The minimum absolute atomic E-state index is 0.128. The van der Waals surface area contributed by atoms with Gasteiger partial charge in [-0.3, -0.25) is 19.7 Å². The molecule has 1 heterocycles. The second-order valence-electron chi connectivity index (χ2n) is 4.34. The van der Waals surface area contributed by atoms with E-state index in [-0.39, 0.29) is 21.1 Å². The largest absolute Gasteiger partial charge is 0.497 e. The Morgan fingerprint density at radius 1 is 1.22 bits per heavy atom. The van der Waals surface area contributed by atoms with Crippen molar-refractivity contribution in [1.29, 1.82) is 0 Å². The summed E-state index contributed by atoms with van der Waals surface area (Å²) in [4.78, 5) is 34.4. The maximum absolute atomic E-state index is 12.2. The van der Waals surface area contributed by atoms with Crippen molar-refractivity contribution in [3.8, 4) is 5.75 Å². The Bertz CT molecular complexity index is 772. The molecule has 0 aliphatic heterocycles. The predicted octanol–water partition coefficient (Wildman–Crippen LogP) is 2.28. The zero-order valence-corrected chi connectivity index (χ0v) is 13.1. The van der Waals surface area contributed by atoms with E-state index < -0.39 is 16.7 Å². The molecular weight excluding hydrogens is 322 g/mol. The van der Waals surface area contributed by atoms with Crippen molar-refractivity contribution in [3.63, 3.8) is 0 Å². The molecule has 2 N–H and O–H groups in total. The molecule has 23 heavy (non-hydrogen) atoms. The molecule has 0 fully saturated rings. The third kappa shape index (κ3) is 3.64. The number of rotatable bonds is 5. The molecule has 0 bridgehead atoms. The van der Waals surface area contributed by atoms with Crippen molar-refractivity contribution in [1.82, 2.24) is 5.32 Å². The number of ether oxygens (including phenoxy) is 1. The van der Waals surface area contributed by atoms with Crippen LogP contribution in [0.4, 0.5) is 10.7 Å². The van der Waals surface area contributed by atoms with Crippen LogP contribution < -0.4 is 15.4 Å². The highest BCUT2D eigenvalue weighted by Crippen LogP contribution is 2.26. The van der Waals surface area contributed by atoms with Gasteiger partial charge in [0, 0.05) is 13.1 Å². The topological polar surface area (TPSA) is 111 Å². The lowest BCUT2D eigenvalue weighted by Crippen LogP contribution is -2.21. The summed E-state index contributed by atoms with van der Waals surface area (Å²) in [6, 6.07) is 7.24. The monoisotopic (exact) mass is 335 g/mol. The van der Waals surface area contributed by atoms with Crippen molar-refractivity contribution < 1.29 is 19.2 Å². The van der Waals surface area contributed by atoms with Crippen molar-refractivity contribution in [3.05, 3.63) is 50.9 Å². The van der Waals surface area contributed by atoms with E-state index in [2.05, 4.69) is 10.6 Å². The van der Waals surface area contributed by atoms with Gasteiger partial charge in [0.15, 0.2) is 0 Å². The number of thiophene rings is 1. The molecule has 0 aliphatic rings. The molecule has 2 amide bonds. The highest BCUT2D eigenvalue weighted by molar-refractivity contribution is 7.17. The first-order valence-electron chi connectivity index (χ1n) is 6.42. The first-order chi connectivity index (χ1) is 11.0. The molecule has 8 nitrogen and oxygen atoms in total. The first-order valence-corrected chi connectivity index (χ1v) is 7.23. The highest BCUT2D eigenvalue weighted by atomic mass is 32.1. The Morgan fingerprint density at radius 2 is 1.96 bits per heavy atom. The van der Waals surface area contributed by atoms with Crippen LogP contribution in [0.2, 0.25) is 0 Å². The van der Waals surface area contributed by atoms with Gasteiger partial charge in [-0.1, -0.05) is 11.3 Å². The van der Waals surface area contributed by atoms with Crippen molar-refractivity contribution in [2.24, 2.45) is 0 Å². The van der Waals surface area contributed by atoms with E-state index in [9.17, 15) is 19.7 Å². The summed E-state index contributed by atoms with van der Waals surface area (Å²) >= 11 is 0.760. The van der Waals surface area contributed by atoms with E-state index in [1.807, 2.05) is 0 Å². The fourth-order valence-corrected chi connectivity index (χ4v) is 2.53. The fourth-order valence-electron chi connectivity index (χ4n) is 1.81. The highest BCUT2D eigenvalue weighted by Gasteiger charge is 2.18. The quantitative estimate of drug-likeness (QED) is 0.643. The molecule has 1 aromatic carbocycles. The Labute approximate surface area is 135 Å². The maximum atomic E-state index is 12.2. The van der Waals surface area contributed by atoms with E-state index in [0.29, 0.717) is 5.75 Å². The van der Waals surface area contributed by atoms with Crippen LogP contribution in [-0.4, -0.2) is 30.9 Å². The van der Waals surface area contributed by atoms with Gasteiger partial charge in [0.05, 0.1) is 28.2 Å². The third-order valence-corrected chi connectivity index (χ3v) is 3.98. The van der Waals surface area contributed by atoms with Gasteiger partial charge in [-0.15, -0.1) is 0 Å². The summed E-state index contributed by atoms with van der Waals surface area (Å²) in [5, 5.41) is 15.6. The third-order valence-electron chi connectivity index (χ3n) is 2.94. The normalized spacial score (nSPS) is 10.0. The van der Waals surface area contributed by atoms with Gasteiger partial charge < -0.3 is 15.4 Å². The molecule has 2 aromatic rings. The van der Waals surface area contributed by atoms with Crippen LogP contribution in [0.3, 0.4) is 0 Å². The van der Waals surface area contributed by atoms with Gasteiger partial charge in [-0.05, 0) is 24.3 Å². The van der Waals surface area contributed by atoms with Crippen molar-refractivity contribution >= 4 is 33.8 Å². The molecule has 0 saturated heterocycles. The molecule has 0 radical (unpaired) electrons. The number of hydrogen-bond donors (Lipinski definition) is 2. The Hall–Kier alpha value is -2.94. The van der Waals surface area contributed by atoms with Crippen LogP contribution in [0.25, 0.3) is 0 Å². The number of nitrogens with zero attached hydrogens (tertiary/aromatic N) is 1. The zero-order valence-electron chi connectivity index (χ0n) is 12.3. The number of anilines is 1. The lowest BCUT2D eigenvalue weighted by molar-refractivity contribution is -0.380. The molecular formula is C14H13N3O5S. The first kappa shape index (κ1) is 16.4. The van der Waals surface area contributed by atoms with Gasteiger partial charge in [-0.2, -0.15) is 0 Å². The molecule has 9 heteroatoms. The molecule has 0 atom stereocenters. The number of nitrogens with one attached hydrogen (secondary N) is 2. The number of carbonyl (C=O) groups is 2. The molecule has 2 rings (SSSR count). The molecule has 1 aromatic heterocycles. The second-order valence-corrected chi connectivity index (χ2v) is 5.40. The molecule has 0 saturated carbocycles. The standard InChI is InChI=1S/C14H13N3O5S/c1-15-13(18)9-7-8(22-2)3-4-10(9)16-14(19)11-5-6-12(23-11)17(20)21/h3-7H,1-2H3,(H,15,18)(H,16,19). The van der Waals surface area contributed by atoms with Crippen LogP contribution >= 0.6 is 11.3 Å². The van der Waals surface area contributed by atoms with Crippen LogP contribution in [0, 0.1) is 10.1 Å². The zero-order chi connectivity index (χ0) is 17.0. The molecule has 120 valence electrons. The Balaban J connectivity index is 2.29. The SMILES string of the molecule is CNC(=O)c1cc(OC)ccc1NC(=O)c1ccc([N+](=O)[O-])s1. The summed E-state index contributed by atoms with van der Waals surface area (Å²) in [6.45, 7) is 0. The lowest BCUT2D eigenvalue weighted by atomic mass is 10.1. The van der Waals surface area contributed by atoms with Crippen molar-refractivity contribution in [2.45, 2.75) is 0 Å². The van der Waals surface area contributed by atoms with Crippen molar-refractivity contribution in [2.75, 3.05) is 19.5 Å². The Kier molecular flexibility index (Phi) is 4.91. The number of benzene rings is 1. The van der Waals surface area contributed by atoms with Gasteiger partial charge >= 0.3 is 5.00 Å². The van der Waals surface area contributed by atoms with Gasteiger partial charge in [-0.25, -0.2) is 0 Å². The summed E-state index contributed by atoms with van der Waals surface area (Å²) in [6.07, 6.45) is 0. The van der Waals surface area contributed by atoms with Gasteiger partial charge in [0.1, 0.15) is 5.75 Å². The Morgan fingerprint density at radius 3 is 2.52 bits per heavy atom. The van der Waals surface area contributed by atoms with E-state index in [0.717, 1.165) is 11.3 Å². The maximum Gasteiger partial charge on any atom is 0.324 e. The average Bonchev–Trinajstić information content (AvgIpc) is 3.04. The summed E-state index contributed by atoms with van der Waals surface area (Å²) in [7, 11) is 2.93. The summed E-state index contributed by atoms with van der Waals surface area (Å²) in [5.74, 6) is -0.455. The number of amides is 2. The number of methoxy groups -OCH3 is 1. The number of carbonyl (C=O) groups excluding carboxylic acids is 2. The van der Waals surface area contributed by atoms with E-state index in [1.54, 1.807) is 6.07 Å². The minimum atomic E-state index is -0.565. The molecule has 0 unspecified atom stereocenters. The summed E-state index contributed by atoms with van der Waals surface area (Å²) in [5.41, 5.74) is 0.512. The molecule has 0 aliphatic carbocycles. The van der Waals surface area contributed by atoms with Gasteiger partial charge in [0.25, 0.3) is 11.8 Å². The smallest absolute Gasteiger partial charge is 0.324 e. The van der Waals surface area contributed by atoms with Crippen LogP contribution in [0.15, 0.2) is 30.3 Å². The van der Waals surface area contributed by atoms with E-state index in [4.69, 9.17) is 4.74 Å². The molecule has 0 spiro atoms. The van der Waals surface area contributed by atoms with Crippen LogP contribution in [-0.2, 0) is 0 Å². The van der Waals surface area contributed by atoms with E-state index in [1.165, 1.54) is 38.4 Å². The lowest BCUT2D eigenvalue weighted by Gasteiger charge is -2.11.